The second-order valence-corrected chi connectivity index (χ2v) is 4.48. The molecule has 1 aromatic heterocycles. The molecular formula is C11H18N4O. The predicted molar refractivity (Wildman–Crippen MR) is 61.8 cm³/mol. The number of nitrogens with two attached hydrogens (primary N) is 2. The Hall–Kier alpha value is -1.52. The van der Waals surface area contributed by atoms with Crippen molar-refractivity contribution in [3.05, 3.63) is 11.3 Å². The van der Waals surface area contributed by atoms with Gasteiger partial charge in [0.15, 0.2) is 0 Å². The zero-order valence-corrected chi connectivity index (χ0v) is 9.57. The molecule has 5 heteroatoms. The van der Waals surface area contributed by atoms with Crippen LogP contribution in [0.15, 0.2) is 0 Å². The summed E-state index contributed by atoms with van der Waals surface area (Å²) in [4.78, 5) is 10.9. The first-order chi connectivity index (χ1) is 7.59. The van der Waals surface area contributed by atoms with E-state index in [2.05, 4.69) is 5.10 Å². The lowest BCUT2D eigenvalue weighted by Gasteiger charge is -2.11. The number of primary amides is 1. The van der Waals surface area contributed by atoms with Crippen LogP contribution in [-0.4, -0.2) is 15.7 Å². The van der Waals surface area contributed by atoms with Crippen LogP contribution in [0.1, 0.15) is 43.0 Å². The summed E-state index contributed by atoms with van der Waals surface area (Å²) in [6, 6.07) is 0.403. The first-order valence-corrected chi connectivity index (χ1v) is 5.71. The molecule has 0 spiro atoms. The third kappa shape index (κ3) is 1.89. The topological polar surface area (TPSA) is 86.9 Å². The van der Waals surface area contributed by atoms with Crippen LogP contribution < -0.4 is 11.5 Å². The van der Waals surface area contributed by atoms with E-state index in [1.807, 2.05) is 11.6 Å². The number of rotatable bonds is 3. The van der Waals surface area contributed by atoms with Crippen molar-refractivity contribution in [2.75, 3.05) is 5.73 Å². The molecule has 2 rings (SSSR count). The van der Waals surface area contributed by atoms with Crippen LogP contribution in [0.25, 0.3) is 0 Å². The first kappa shape index (κ1) is 11.0. The molecule has 0 aliphatic heterocycles. The van der Waals surface area contributed by atoms with Crippen LogP contribution in [-0.2, 0) is 11.2 Å². The highest BCUT2D eigenvalue weighted by Gasteiger charge is 2.23. The Bertz CT molecular complexity index is 404. The molecular weight excluding hydrogens is 204 g/mol. The Morgan fingerprint density at radius 2 is 2.12 bits per heavy atom. The summed E-state index contributed by atoms with van der Waals surface area (Å²) >= 11 is 0. The molecule has 5 nitrogen and oxygen atoms in total. The van der Waals surface area contributed by atoms with E-state index in [0.717, 1.165) is 24.1 Å². The highest BCUT2D eigenvalue weighted by molar-refractivity contribution is 5.78. The molecule has 0 radical (unpaired) electrons. The number of anilines is 1. The van der Waals surface area contributed by atoms with E-state index >= 15 is 0 Å². The Morgan fingerprint density at radius 1 is 1.50 bits per heavy atom. The second-order valence-electron chi connectivity index (χ2n) is 4.48. The number of hydrogen-bond acceptors (Lipinski definition) is 3. The molecule has 0 bridgehead atoms. The second kappa shape index (κ2) is 4.15. The fourth-order valence-corrected chi connectivity index (χ4v) is 2.42. The van der Waals surface area contributed by atoms with E-state index in [0.29, 0.717) is 11.9 Å². The molecule has 1 fully saturated rings. The van der Waals surface area contributed by atoms with Gasteiger partial charge in [0, 0.05) is 5.56 Å². The van der Waals surface area contributed by atoms with Crippen LogP contribution in [0, 0.1) is 6.92 Å². The molecule has 4 N–H and O–H groups in total. The van der Waals surface area contributed by atoms with E-state index in [9.17, 15) is 4.79 Å². The maximum Gasteiger partial charge on any atom is 0.222 e. The van der Waals surface area contributed by atoms with Crippen molar-refractivity contribution < 1.29 is 4.79 Å². The molecule has 0 atom stereocenters. The minimum atomic E-state index is -0.360. The van der Waals surface area contributed by atoms with Crippen molar-refractivity contribution in [2.45, 2.75) is 45.1 Å². The van der Waals surface area contributed by atoms with Crippen LogP contribution >= 0.6 is 0 Å². The fourth-order valence-electron chi connectivity index (χ4n) is 2.42. The normalized spacial score (nSPS) is 16.8. The van der Waals surface area contributed by atoms with Gasteiger partial charge in [-0.3, -0.25) is 4.79 Å². The van der Waals surface area contributed by atoms with E-state index in [1.165, 1.54) is 12.8 Å². The van der Waals surface area contributed by atoms with E-state index in [-0.39, 0.29) is 12.3 Å². The van der Waals surface area contributed by atoms with Gasteiger partial charge in [0.1, 0.15) is 5.82 Å². The molecule has 1 heterocycles. The third-order valence-electron chi connectivity index (χ3n) is 3.27. The van der Waals surface area contributed by atoms with Gasteiger partial charge in [0.05, 0.1) is 18.2 Å². The molecule has 16 heavy (non-hydrogen) atoms. The molecule has 0 aromatic carbocycles. The number of hydrogen-bond donors (Lipinski definition) is 2. The quantitative estimate of drug-likeness (QED) is 0.797. The van der Waals surface area contributed by atoms with Gasteiger partial charge in [0.25, 0.3) is 0 Å². The van der Waals surface area contributed by atoms with Gasteiger partial charge in [0.2, 0.25) is 5.91 Å². The van der Waals surface area contributed by atoms with Gasteiger partial charge in [-0.2, -0.15) is 5.10 Å². The number of nitrogens with zero attached hydrogens (tertiary/aromatic N) is 2. The van der Waals surface area contributed by atoms with Gasteiger partial charge in [-0.25, -0.2) is 4.68 Å². The SMILES string of the molecule is Cc1nn(C2CCCC2)c(N)c1CC(N)=O. The van der Waals surface area contributed by atoms with Crippen LogP contribution in [0.2, 0.25) is 0 Å². The number of amides is 1. The maximum absolute atomic E-state index is 10.9. The van der Waals surface area contributed by atoms with Crippen molar-refractivity contribution in [3.63, 3.8) is 0 Å². The number of nitrogen functional groups attached to an aromatic ring is 1. The zero-order chi connectivity index (χ0) is 11.7. The van der Waals surface area contributed by atoms with Crippen LogP contribution in [0.3, 0.4) is 0 Å². The minimum absolute atomic E-state index is 0.185. The Morgan fingerprint density at radius 3 is 2.69 bits per heavy atom. The van der Waals surface area contributed by atoms with Crippen molar-refractivity contribution in [2.24, 2.45) is 5.73 Å². The summed E-state index contributed by atoms with van der Waals surface area (Å²) in [5.74, 6) is 0.254. The largest absolute Gasteiger partial charge is 0.384 e. The smallest absolute Gasteiger partial charge is 0.222 e. The lowest BCUT2D eigenvalue weighted by atomic mass is 10.1. The Kier molecular flexibility index (Phi) is 2.85. The Labute approximate surface area is 94.8 Å². The van der Waals surface area contributed by atoms with Crippen molar-refractivity contribution >= 4 is 11.7 Å². The average molecular weight is 222 g/mol. The first-order valence-electron chi connectivity index (χ1n) is 5.71. The summed E-state index contributed by atoms with van der Waals surface area (Å²) in [5, 5.41) is 4.43. The van der Waals surface area contributed by atoms with Gasteiger partial charge in [-0.15, -0.1) is 0 Å². The number of aromatic nitrogens is 2. The zero-order valence-electron chi connectivity index (χ0n) is 9.57. The summed E-state index contributed by atoms with van der Waals surface area (Å²) < 4.78 is 1.88. The summed E-state index contributed by atoms with van der Waals surface area (Å²) in [6.45, 7) is 1.88. The van der Waals surface area contributed by atoms with Crippen molar-refractivity contribution in [1.29, 1.82) is 0 Å². The van der Waals surface area contributed by atoms with Gasteiger partial charge in [-0.1, -0.05) is 12.8 Å². The summed E-state index contributed by atoms with van der Waals surface area (Å²) in [7, 11) is 0. The average Bonchev–Trinajstić information content (AvgIpc) is 2.80. The molecule has 88 valence electrons. The molecule has 1 saturated carbocycles. The lowest BCUT2D eigenvalue weighted by molar-refractivity contribution is -0.117. The highest BCUT2D eigenvalue weighted by Crippen LogP contribution is 2.32. The monoisotopic (exact) mass is 222 g/mol. The van der Waals surface area contributed by atoms with Gasteiger partial charge in [-0.05, 0) is 19.8 Å². The van der Waals surface area contributed by atoms with Crippen LogP contribution in [0.4, 0.5) is 5.82 Å². The van der Waals surface area contributed by atoms with E-state index in [4.69, 9.17) is 11.5 Å². The molecule has 1 aliphatic rings. The molecule has 1 amide bonds. The fraction of sp³-hybridized carbons (Fsp3) is 0.636. The highest BCUT2D eigenvalue weighted by atomic mass is 16.1. The third-order valence-corrected chi connectivity index (χ3v) is 3.27. The van der Waals surface area contributed by atoms with E-state index < -0.39 is 0 Å². The van der Waals surface area contributed by atoms with Crippen LogP contribution in [0.5, 0.6) is 0 Å². The van der Waals surface area contributed by atoms with E-state index in [1.54, 1.807) is 0 Å². The van der Waals surface area contributed by atoms with Crippen molar-refractivity contribution in [1.82, 2.24) is 9.78 Å². The van der Waals surface area contributed by atoms with Gasteiger partial charge >= 0.3 is 0 Å². The standard InChI is InChI=1S/C11H18N4O/c1-7-9(6-10(12)16)11(13)15(14-7)8-4-2-3-5-8/h8H,2-6,13H2,1H3,(H2,12,16). The summed E-state index contributed by atoms with van der Waals surface area (Å²) in [6.07, 6.45) is 4.90. The minimum Gasteiger partial charge on any atom is -0.384 e. The summed E-state index contributed by atoms with van der Waals surface area (Å²) in [5.41, 5.74) is 12.8. The molecule has 1 aromatic rings. The molecule has 0 saturated heterocycles. The molecule has 0 unspecified atom stereocenters. The van der Waals surface area contributed by atoms with Crippen molar-refractivity contribution in [3.8, 4) is 0 Å². The number of aryl methyl sites for hydroxylation is 1. The molecule has 1 aliphatic carbocycles. The Balaban J connectivity index is 2.30. The maximum atomic E-state index is 10.9. The number of carbonyl (C=O) groups excluding carboxylic acids is 1. The number of carbonyl (C=O) groups is 1. The van der Waals surface area contributed by atoms with Gasteiger partial charge < -0.3 is 11.5 Å². The lowest BCUT2D eigenvalue weighted by Crippen LogP contribution is -2.16. The predicted octanol–water partition coefficient (Wildman–Crippen LogP) is 0.917.